The summed E-state index contributed by atoms with van der Waals surface area (Å²) in [5.41, 5.74) is 6.38. The molecule has 0 bridgehead atoms. The predicted molar refractivity (Wildman–Crippen MR) is 59.6 cm³/mol. The SMILES string of the molecule is COc1ccc(C(C)(C)CCN)cc1F. The highest BCUT2D eigenvalue weighted by Crippen LogP contribution is 2.29. The van der Waals surface area contributed by atoms with Crippen molar-refractivity contribution >= 4 is 0 Å². The Hall–Kier alpha value is -1.09. The molecule has 84 valence electrons. The fourth-order valence-corrected chi connectivity index (χ4v) is 1.59. The van der Waals surface area contributed by atoms with Gasteiger partial charge in [-0.05, 0) is 36.1 Å². The van der Waals surface area contributed by atoms with Gasteiger partial charge in [-0.2, -0.15) is 0 Å². The zero-order chi connectivity index (χ0) is 11.5. The van der Waals surface area contributed by atoms with E-state index in [1.54, 1.807) is 6.07 Å². The van der Waals surface area contributed by atoms with Gasteiger partial charge in [-0.3, -0.25) is 0 Å². The van der Waals surface area contributed by atoms with E-state index in [-0.39, 0.29) is 17.0 Å². The van der Waals surface area contributed by atoms with E-state index in [1.165, 1.54) is 13.2 Å². The maximum Gasteiger partial charge on any atom is 0.165 e. The summed E-state index contributed by atoms with van der Waals surface area (Å²) < 4.78 is 18.3. The number of ether oxygens (including phenoxy) is 1. The van der Waals surface area contributed by atoms with Gasteiger partial charge in [0.2, 0.25) is 0 Å². The summed E-state index contributed by atoms with van der Waals surface area (Å²) in [5.74, 6) is -0.0394. The molecule has 1 rings (SSSR count). The Labute approximate surface area is 90.2 Å². The van der Waals surface area contributed by atoms with Crippen molar-refractivity contribution in [1.82, 2.24) is 0 Å². The van der Waals surface area contributed by atoms with Crippen molar-refractivity contribution in [3.63, 3.8) is 0 Å². The van der Waals surface area contributed by atoms with Gasteiger partial charge in [0.05, 0.1) is 7.11 Å². The summed E-state index contributed by atoms with van der Waals surface area (Å²) in [6, 6.07) is 5.06. The number of halogens is 1. The average Bonchev–Trinajstić information content (AvgIpc) is 2.17. The second-order valence-corrected chi connectivity index (χ2v) is 4.27. The molecule has 0 spiro atoms. The molecule has 0 aromatic heterocycles. The minimum Gasteiger partial charge on any atom is -0.494 e. The molecule has 0 aliphatic rings. The molecule has 0 saturated heterocycles. The first-order chi connectivity index (χ1) is 7.01. The van der Waals surface area contributed by atoms with Crippen LogP contribution in [0.4, 0.5) is 4.39 Å². The molecule has 0 aliphatic heterocycles. The fourth-order valence-electron chi connectivity index (χ4n) is 1.59. The van der Waals surface area contributed by atoms with E-state index in [0.29, 0.717) is 6.54 Å². The van der Waals surface area contributed by atoms with Gasteiger partial charge in [-0.1, -0.05) is 19.9 Å². The molecule has 2 N–H and O–H groups in total. The Balaban J connectivity index is 3.01. The number of hydrogen-bond donors (Lipinski definition) is 1. The van der Waals surface area contributed by atoms with Crippen molar-refractivity contribution < 1.29 is 9.13 Å². The molecule has 1 aromatic carbocycles. The number of hydrogen-bond acceptors (Lipinski definition) is 2. The van der Waals surface area contributed by atoms with E-state index in [9.17, 15) is 4.39 Å². The molecule has 0 saturated carbocycles. The van der Waals surface area contributed by atoms with Crippen molar-refractivity contribution in [1.29, 1.82) is 0 Å². The molecule has 0 radical (unpaired) electrons. The quantitative estimate of drug-likeness (QED) is 0.830. The maximum absolute atomic E-state index is 13.5. The van der Waals surface area contributed by atoms with Gasteiger partial charge in [0.25, 0.3) is 0 Å². The number of rotatable bonds is 4. The van der Waals surface area contributed by atoms with Crippen LogP contribution in [0.1, 0.15) is 25.8 Å². The second-order valence-electron chi connectivity index (χ2n) is 4.27. The van der Waals surface area contributed by atoms with Crippen molar-refractivity contribution in [2.75, 3.05) is 13.7 Å². The van der Waals surface area contributed by atoms with E-state index in [4.69, 9.17) is 10.5 Å². The average molecular weight is 211 g/mol. The van der Waals surface area contributed by atoms with Crippen LogP contribution in [-0.4, -0.2) is 13.7 Å². The van der Waals surface area contributed by atoms with Gasteiger partial charge < -0.3 is 10.5 Å². The third-order valence-electron chi connectivity index (χ3n) is 2.70. The standard InChI is InChI=1S/C12H18FNO/c1-12(2,6-7-14)9-4-5-11(15-3)10(13)8-9/h4-5,8H,6-7,14H2,1-3H3. The largest absolute Gasteiger partial charge is 0.494 e. The highest BCUT2D eigenvalue weighted by molar-refractivity contribution is 5.33. The minimum absolute atomic E-state index is 0.0954. The van der Waals surface area contributed by atoms with Crippen molar-refractivity contribution in [3.8, 4) is 5.75 Å². The van der Waals surface area contributed by atoms with Crippen LogP contribution in [0.3, 0.4) is 0 Å². The number of methoxy groups -OCH3 is 1. The number of nitrogens with two attached hydrogens (primary N) is 1. The molecular weight excluding hydrogens is 193 g/mol. The lowest BCUT2D eigenvalue weighted by Gasteiger charge is -2.24. The Morgan fingerprint density at radius 2 is 2.07 bits per heavy atom. The molecular formula is C12H18FNO. The lowest BCUT2D eigenvalue weighted by molar-refractivity contribution is 0.384. The van der Waals surface area contributed by atoms with Crippen molar-refractivity contribution in [2.24, 2.45) is 5.73 Å². The smallest absolute Gasteiger partial charge is 0.165 e. The van der Waals surface area contributed by atoms with Crippen molar-refractivity contribution in [3.05, 3.63) is 29.6 Å². The van der Waals surface area contributed by atoms with E-state index in [1.807, 2.05) is 6.07 Å². The summed E-state index contributed by atoms with van der Waals surface area (Å²) >= 11 is 0. The van der Waals surface area contributed by atoms with Crippen LogP contribution < -0.4 is 10.5 Å². The summed E-state index contributed by atoms with van der Waals surface area (Å²) in [7, 11) is 1.46. The van der Waals surface area contributed by atoms with Gasteiger partial charge >= 0.3 is 0 Å². The summed E-state index contributed by atoms with van der Waals surface area (Å²) in [4.78, 5) is 0. The lowest BCUT2D eigenvalue weighted by atomic mass is 9.81. The fraction of sp³-hybridized carbons (Fsp3) is 0.500. The van der Waals surface area contributed by atoms with Crippen LogP contribution in [-0.2, 0) is 5.41 Å². The van der Waals surface area contributed by atoms with Gasteiger partial charge in [0, 0.05) is 0 Å². The van der Waals surface area contributed by atoms with E-state index in [0.717, 1.165) is 12.0 Å². The van der Waals surface area contributed by atoms with Gasteiger partial charge in [-0.15, -0.1) is 0 Å². The predicted octanol–water partition coefficient (Wildman–Crippen LogP) is 2.46. The summed E-state index contributed by atoms with van der Waals surface area (Å²) in [5, 5.41) is 0. The molecule has 0 heterocycles. The molecule has 0 amide bonds. The van der Waals surface area contributed by atoms with Gasteiger partial charge in [-0.25, -0.2) is 4.39 Å². The van der Waals surface area contributed by atoms with Crippen LogP contribution in [0.5, 0.6) is 5.75 Å². The molecule has 0 aliphatic carbocycles. The zero-order valence-corrected chi connectivity index (χ0v) is 9.51. The third kappa shape index (κ3) is 2.69. The Bertz CT molecular complexity index is 336. The molecule has 0 atom stereocenters. The van der Waals surface area contributed by atoms with Gasteiger partial charge in [0.1, 0.15) is 0 Å². The normalized spacial score (nSPS) is 11.5. The van der Waals surface area contributed by atoms with Crippen molar-refractivity contribution in [2.45, 2.75) is 25.7 Å². The lowest BCUT2D eigenvalue weighted by Crippen LogP contribution is -2.21. The van der Waals surface area contributed by atoms with E-state index in [2.05, 4.69) is 13.8 Å². The minimum atomic E-state index is -0.319. The molecule has 0 unspecified atom stereocenters. The van der Waals surface area contributed by atoms with Crippen LogP contribution in [0.15, 0.2) is 18.2 Å². The highest BCUT2D eigenvalue weighted by atomic mass is 19.1. The number of benzene rings is 1. The molecule has 15 heavy (non-hydrogen) atoms. The topological polar surface area (TPSA) is 35.2 Å². The third-order valence-corrected chi connectivity index (χ3v) is 2.70. The van der Waals surface area contributed by atoms with Gasteiger partial charge in [0.15, 0.2) is 11.6 Å². The van der Waals surface area contributed by atoms with E-state index < -0.39 is 0 Å². The molecule has 0 fully saturated rings. The van der Waals surface area contributed by atoms with Crippen LogP contribution in [0.25, 0.3) is 0 Å². The molecule has 2 nitrogen and oxygen atoms in total. The zero-order valence-electron chi connectivity index (χ0n) is 9.51. The summed E-state index contributed by atoms with van der Waals surface area (Å²) in [6.07, 6.45) is 0.832. The Kier molecular flexibility index (Phi) is 3.69. The molecule has 1 aromatic rings. The first kappa shape index (κ1) is 12.0. The first-order valence-corrected chi connectivity index (χ1v) is 5.05. The monoisotopic (exact) mass is 211 g/mol. The summed E-state index contributed by atoms with van der Waals surface area (Å²) in [6.45, 7) is 4.71. The maximum atomic E-state index is 13.5. The van der Waals surface area contributed by atoms with Crippen LogP contribution in [0, 0.1) is 5.82 Å². The molecule has 3 heteroatoms. The Morgan fingerprint density at radius 1 is 1.40 bits per heavy atom. The first-order valence-electron chi connectivity index (χ1n) is 5.05. The van der Waals surface area contributed by atoms with E-state index >= 15 is 0 Å². The Morgan fingerprint density at radius 3 is 2.53 bits per heavy atom. The van der Waals surface area contributed by atoms with Crippen LogP contribution >= 0.6 is 0 Å². The highest BCUT2D eigenvalue weighted by Gasteiger charge is 2.20. The second kappa shape index (κ2) is 4.62. The van der Waals surface area contributed by atoms with Crippen LogP contribution in [0.2, 0.25) is 0 Å².